The lowest BCUT2D eigenvalue weighted by molar-refractivity contribution is -0.307. The minimum atomic E-state index is -1.60. The van der Waals surface area contributed by atoms with E-state index >= 15 is 0 Å². The highest BCUT2D eigenvalue weighted by molar-refractivity contribution is 5.69. The summed E-state index contributed by atoms with van der Waals surface area (Å²) < 4.78 is 22.7. The zero-order valence-corrected chi connectivity index (χ0v) is 40.0. The van der Waals surface area contributed by atoms with Gasteiger partial charge in [-0.2, -0.15) is 0 Å². The van der Waals surface area contributed by atoms with Crippen molar-refractivity contribution in [1.29, 1.82) is 0 Å². The van der Waals surface area contributed by atoms with E-state index in [1.54, 1.807) is 0 Å². The Labute approximate surface area is 375 Å². The predicted molar refractivity (Wildman–Crippen MR) is 249 cm³/mol. The van der Waals surface area contributed by atoms with Gasteiger partial charge >= 0.3 is 5.97 Å². The maximum Gasteiger partial charge on any atom is 0.306 e. The van der Waals surface area contributed by atoms with Crippen molar-refractivity contribution in [2.45, 2.75) is 300 Å². The molecule has 0 saturated carbocycles. The molecule has 0 amide bonds. The molecule has 10 nitrogen and oxygen atoms in total. The van der Waals surface area contributed by atoms with Crippen LogP contribution in [0, 0.1) is 0 Å². The molecule has 1 fully saturated rings. The van der Waals surface area contributed by atoms with E-state index in [0.29, 0.717) is 12.8 Å². The Kier molecular flexibility index (Phi) is 39.9. The van der Waals surface area contributed by atoms with Crippen LogP contribution in [-0.4, -0.2) is 101 Å². The van der Waals surface area contributed by atoms with Crippen LogP contribution in [0.1, 0.15) is 251 Å². The van der Waals surface area contributed by atoms with Gasteiger partial charge < -0.3 is 44.5 Å². The average Bonchev–Trinajstić information content (AvgIpc) is 3.26. The molecule has 1 heterocycles. The summed E-state index contributed by atoms with van der Waals surface area (Å²) >= 11 is 0. The number of rotatable bonds is 45. The first kappa shape index (κ1) is 58.2. The third-order valence-corrected chi connectivity index (χ3v) is 12.9. The highest BCUT2D eigenvalue weighted by atomic mass is 16.7. The lowest BCUT2D eigenvalue weighted by Gasteiger charge is -2.40. The van der Waals surface area contributed by atoms with Crippen molar-refractivity contribution in [1.82, 2.24) is 0 Å². The number of methoxy groups -OCH3 is 1. The molecule has 1 aliphatic heterocycles. The fourth-order valence-electron chi connectivity index (χ4n) is 8.73. The minimum Gasteiger partial charge on any atom is -0.457 e. The van der Waals surface area contributed by atoms with Gasteiger partial charge in [-0.1, -0.05) is 232 Å². The molecule has 0 spiro atoms. The second-order valence-electron chi connectivity index (χ2n) is 18.5. The summed E-state index contributed by atoms with van der Waals surface area (Å²) in [6, 6.07) is 0. The third-order valence-electron chi connectivity index (χ3n) is 12.9. The SMILES string of the molecule is CCCCCCCCCCCCCCCCCCCCCCCCCC(=O)O[C@@H](CO[C@H]1O[C@H](CO)[C@H](O)[C@H](O)[C@H]1O)[C@H](O)[C@@H](CCCCCCCCCCCCCC)OC. The van der Waals surface area contributed by atoms with E-state index in [1.165, 1.54) is 187 Å². The van der Waals surface area contributed by atoms with Crippen LogP contribution < -0.4 is 0 Å². The zero-order chi connectivity index (χ0) is 44.6. The van der Waals surface area contributed by atoms with E-state index < -0.39 is 61.6 Å². The van der Waals surface area contributed by atoms with Crippen LogP contribution in [0.5, 0.6) is 0 Å². The molecule has 1 aliphatic rings. The second kappa shape index (κ2) is 41.8. The maximum absolute atomic E-state index is 13.1. The molecule has 0 aromatic heterocycles. The van der Waals surface area contributed by atoms with Gasteiger partial charge in [0.2, 0.25) is 0 Å². The summed E-state index contributed by atoms with van der Waals surface area (Å²) in [7, 11) is 1.53. The molecule has 0 aromatic rings. The van der Waals surface area contributed by atoms with Crippen LogP contribution in [0.2, 0.25) is 0 Å². The van der Waals surface area contributed by atoms with Crippen molar-refractivity contribution in [2.24, 2.45) is 0 Å². The van der Waals surface area contributed by atoms with E-state index in [2.05, 4.69) is 13.8 Å². The monoisotopic (exact) mass is 873 g/mol. The fourth-order valence-corrected chi connectivity index (χ4v) is 8.73. The summed E-state index contributed by atoms with van der Waals surface area (Å²) in [6.45, 7) is 3.62. The smallest absolute Gasteiger partial charge is 0.306 e. The normalized spacial score (nSPS) is 20.8. The molecule has 0 aliphatic carbocycles. The standard InChI is InChI=1S/C51H100O10/c1-4-6-8-10-12-14-16-18-19-20-21-22-23-24-25-26-27-28-30-32-34-36-38-40-46(53)60-45(42-59-51-50(57)49(56)48(55)44(41-52)61-51)47(54)43(58-3)39-37-35-33-31-29-17-15-13-11-9-7-5-2/h43-45,47-52,54-57H,4-42H2,1-3H3/t43-,44-,45+,47-,48+,49+,50-,51+/m1/s1. The predicted octanol–water partition coefficient (Wildman–Crippen LogP) is 11.6. The molecule has 5 N–H and O–H groups in total. The molecule has 1 saturated heterocycles. The summed E-state index contributed by atoms with van der Waals surface area (Å²) in [4.78, 5) is 13.1. The van der Waals surface area contributed by atoms with Crippen molar-refractivity contribution >= 4 is 5.97 Å². The van der Waals surface area contributed by atoms with Gasteiger partial charge in [-0.25, -0.2) is 0 Å². The van der Waals surface area contributed by atoms with Crippen LogP contribution in [0.4, 0.5) is 0 Å². The Morgan fingerprint density at radius 2 is 0.869 bits per heavy atom. The van der Waals surface area contributed by atoms with Crippen LogP contribution in [0.25, 0.3) is 0 Å². The van der Waals surface area contributed by atoms with Gasteiger partial charge in [-0.05, 0) is 12.8 Å². The number of esters is 1. The number of hydrogen-bond acceptors (Lipinski definition) is 10. The molecular weight excluding hydrogens is 773 g/mol. The van der Waals surface area contributed by atoms with Gasteiger partial charge in [0.05, 0.1) is 19.3 Å². The highest BCUT2D eigenvalue weighted by Gasteiger charge is 2.45. The van der Waals surface area contributed by atoms with Crippen LogP contribution in [0.3, 0.4) is 0 Å². The van der Waals surface area contributed by atoms with Gasteiger partial charge in [0.15, 0.2) is 12.4 Å². The number of carbonyl (C=O) groups is 1. The average molecular weight is 873 g/mol. The van der Waals surface area contributed by atoms with E-state index in [1.807, 2.05) is 0 Å². The van der Waals surface area contributed by atoms with Gasteiger partial charge in [0.1, 0.15) is 30.5 Å². The maximum atomic E-state index is 13.1. The summed E-state index contributed by atoms with van der Waals surface area (Å²) in [5.41, 5.74) is 0. The van der Waals surface area contributed by atoms with Crippen molar-refractivity contribution in [3.63, 3.8) is 0 Å². The molecule has 0 bridgehead atoms. The summed E-state index contributed by atoms with van der Waals surface area (Å²) in [6.07, 6.45) is 35.4. The van der Waals surface area contributed by atoms with Crippen LogP contribution in [-0.2, 0) is 23.7 Å². The molecule has 10 heteroatoms. The number of aliphatic hydroxyl groups is 5. The van der Waals surface area contributed by atoms with Crippen molar-refractivity contribution in [3.05, 3.63) is 0 Å². The quantitative estimate of drug-likeness (QED) is 0.0295. The Bertz CT molecular complexity index is 937. The fraction of sp³-hybridized carbons (Fsp3) is 0.980. The molecule has 1 rings (SSSR count). The molecule has 61 heavy (non-hydrogen) atoms. The highest BCUT2D eigenvalue weighted by Crippen LogP contribution is 2.24. The van der Waals surface area contributed by atoms with Crippen LogP contribution in [0.15, 0.2) is 0 Å². The number of ether oxygens (including phenoxy) is 4. The number of hydrogen-bond donors (Lipinski definition) is 5. The van der Waals surface area contributed by atoms with Gasteiger partial charge in [0.25, 0.3) is 0 Å². The first-order valence-electron chi connectivity index (χ1n) is 26.1. The Morgan fingerprint density at radius 3 is 1.23 bits per heavy atom. The molecule has 364 valence electrons. The van der Waals surface area contributed by atoms with Crippen molar-refractivity contribution < 1.29 is 49.3 Å². The first-order chi connectivity index (χ1) is 29.8. The topological polar surface area (TPSA) is 155 Å². The lowest BCUT2D eigenvalue weighted by atomic mass is 9.99. The Morgan fingerprint density at radius 1 is 0.508 bits per heavy atom. The molecule has 0 unspecified atom stereocenters. The van der Waals surface area contributed by atoms with Crippen molar-refractivity contribution in [3.8, 4) is 0 Å². The molecular formula is C51H100O10. The van der Waals surface area contributed by atoms with E-state index in [9.17, 15) is 30.3 Å². The largest absolute Gasteiger partial charge is 0.457 e. The molecule has 8 atom stereocenters. The minimum absolute atomic E-state index is 0.221. The number of carbonyl (C=O) groups excluding carboxylic acids is 1. The van der Waals surface area contributed by atoms with Gasteiger partial charge in [-0.3, -0.25) is 4.79 Å². The summed E-state index contributed by atoms with van der Waals surface area (Å²) in [5.74, 6) is -0.440. The van der Waals surface area contributed by atoms with Gasteiger partial charge in [0, 0.05) is 13.5 Å². The lowest BCUT2D eigenvalue weighted by Crippen LogP contribution is -2.59. The van der Waals surface area contributed by atoms with E-state index in [-0.39, 0.29) is 13.0 Å². The Hall–Kier alpha value is -0.850. The third kappa shape index (κ3) is 30.8. The molecule has 0 aromatic carbocycles. The van der Waals surface area contributed by atoms with E-state index in [0.717, 1.165) is 38.5 Å². The van der Waals surface area contributed by atoms with E-state index in [4.69, 9.17) is 18.9 Å². The zero-order valence-electron chi connectivity index (χ0n) is 40.0. The van der Waals surface area contributed by atoms with Crippen LogP contribution >= 0.6 is 0 Å². The molecule has 0 radical (unpaired) electrons. The summed E-state index contributed by atoms with van der Waals surface area (Å²) in [5, 5.41) is 51.9. The first-order valence-corrected chi connectivity index (χ1v) is 26.1. The number of aliphatic hydroxyl groups excluding tert-OH is 5. The second-order valence-corrected chi connectivity index (χ2v) is 18.5. The number of unbranched alkanes of at least 4 members (excludes halogenated alkanes) is 33. The Balaban J connectivity index is 2.31. The van der Waals surface area contributed by atoms with Crippen molar-refractivity contribution in [2.75, 3.05) is 20.3 Å². The van der Waals surface area contributed by atoms with Gasteiger partial charge in [-0.15, -0.1) is 0 Å².